The summed E-state index contributed by atoms with van der Waals surface area (Å²) in [5.41, 5.74) is 10.2. The topological polar surface area (TPSA) is 53.1 Å². The summed E-state index contributed by atoms with van der Waals surface area (Å²) in [4.78, 5) is 4.33. The van der Waals surface area contributed by atoms with Gasteiger partial charge in [-0.3, -0.25) is 0 Å². The molecule has 2 aromatic rings. The molecule has 0 aliphatic rings. The predicted molar refractivity (Wildman–Crippen MR) is 72.6 cm³/mol. The highest BCUT2D eigenvalue weighted by molar-refractivity contribution is 5.66. The predicted octanol–water partition coefficient (Wildman–Crippen LogP) is 2.17. The van der Waals surface area contributed by atoms with Gasteiger partial charge in [0.1, 0.15) is 11.6 Å². The van der Waals surface area contributed by atoms with Crippen LogP contribution in [0, 0.1) is 13.8 Å². The fourth-order valence-corrected chi connectivity index (χ4v) is 2.17. The molecule has 0 unspecified atom stereocenters. The first-order chi connectivity index (χ1) is 8.58. The van der Waals surface area contributed by atoms with Crippen LogP contribution in [0.2, 0.25) is 0 Å². The Morgan fingerprint density at radius 1 is 1.28 bits per heavy atom. The monoisotopic (exact) mass is 245 g/mol. The Morgan fingerprint density at radius 2 is 2.00 bits per heavy atom. The average Bonchev–Trinajstić information content (AvgIpc) is 2.72. The summed E-state index contributed by atoms with van der Waals surface area (Å²) in [6.45, 7) is 4.57. The van der Waals surface area contributed by atoms with E-state index in [1.165, 1.54) is 11.1 Å². The third-order valence-electron chi connectivity index (χ3n) is 3.28. The van der Waals surface area contributed by atoms with Gasteiger partial charge in [-0.05, 0) is 37.1 Å². The van der Waals surface area contributed by atoms with Crippen LogP contribution in [0.25, 0.3) is 11.3 Å². The second-order valence-corrected chi connectivity index (χ2v) is 4.46. The molecule has 0 aliphatic heterocycles. The smallest absolute Gasteiger partial charge is 0.122 e. The third kappa shape index (κ3) is 1.99. The molecule has 96 valence electrons. The van der Waals surface area contributed by atoms with E-state index in [9.17, 15) is 0 Å². The van der Waals surface area contributed by atoms with Gasteiger partial charge in [0.15, 0.2) is 0 Å². The fourth-order valence-electron chi connectivity index (χ4n) is 2.17. The number of nitrogens with two attached hydrogens (primary N) is 1. The van der Waals surface area contributed by atoms with E-state index in [4.69, 9.17) is 10.5 Å². The van der Waals surface area contributed by atoms with E-state index in [2.05, 4.69) is 24.0 Å². The molecule has 0 fully saturated rings. The molecule has 0 aliphatic carbocycles. The highest BCUT2D eigenvalue weighted by Crippen LogP contribution is 2.30. The molecule has 0 amide bonds. The van der Waals surface area contributed by atoms with Gasteiger partial charge >= 0.3 is 0 Å². The second kappa shape index (κ2) is 4.82. The molecular formula is C14H19N3O. The molecule has 0 atom stereocenters. The van der Waals surface area contributed by atoms with E-state index < -0.39 is 0 Å². The van der Waals surface area contributed by atoms with Crippen LogP contribution in [0.15, 0.2) is 18.3 Å². The van der Waals surface area contributed by atoms with Crippen molar-refractivity contribution in [3.8, 4) is 17.0 Å². The Kier molecular flexibility index (Phi) is 3.39. The minimum absolute atomic E-state index is 0.449. The lowest BCUT2D eigenvalue weighted by atomic mass is 10.0. The molecule has 1 aromatic heterocycles. The van der Waals surface area contributed by atoms with Crippen LogP contribution in [0.5, 0.6) is 5.75 Å². The van der Waals surface area contributed by atoms with Gasteiger partial charge in [-0.15, -0.1) is 0 Å². The average molecular weight is 245 g/mol. The summed E-state index contributed by atoms with van der Waals surface area (Å²) in [6, 6.07) is 4.19. The summed E-state index contributed by atoms with van der Waals surface area (Å²) < 4.78 is 7.37. The zero-order valence-corrected chi connectivity index (χ0v) is 11.3. The van der Waals surface area contributed by atoms with Gasteiger partial charge in [0.05, 0.1) is 25.5 Å². The number of aryl methyl sites for hydroxylation is 2. The molecule has 0 spiro atoms. The van der Waals surface area contributed by atoms with Crippen molar-refractivity contribution < 1.29 is 4.74 Å². The van der Waals surface area contributed by atoms with Crippen molar-refractivity contribution in [2.24, 2.45) is 12.8 Å². The number of hydrogen-bond donors (Lipinski definition) is 1. The molecule has 0 radical (unpaired) electrons. The van der Waals surface area contributed by atoms with E-state index in [1.54, 1.807) is 7.11 Å². The first kappa shape index (κ1) is 12.6. The summed E-state index contributed by atoms with van der Waals surface area (Å²) in [5.74, 6) is 1.80. The van der Waals surface area contributed by atoms with Gasteiger partial charge in [-0.1, -0.05) is 0 Å². The molecule has 0 saturated heterocycles. The quantitative estimate of drug-likeness (QED) is 0.901. The number of hydrogen-bond acceptors (Lipinski definition) is 3. The Morgan fingerprint density at radius 3 is 2.56 bits per heavy atom. The van der Waals surface area contributed by atoms with Crippen LogP contribution in [0.3, 0.4) is 0 Å². The molecule has 1 aromatic carbocycles. The minimum Gasteiger partial charge on any atom is -0.496 e. The lowest BCUT2D eigenvalue weighted by Gasteiger charge is -2.12. The van der Waals surface area contributed by atoms with Crippen molar-refractivity contribution in [2.45, 2.75) is 20.4 Å². The molecule has 2 N–H and O–H groups in total. The highest BCUT2D eigenvalue weighted by Gasteiger charge is 2.12. The summed E-state index contributed by atoms with van der Waals surface area (Å²) in [7, 11) is 3.68. The molecule has 4 heteroatoms. The van der Waals surface area contributed by atoms with Crippen LogP contribution in [0.4, 0.5) is 0 Å². The van der Waals surface area contributed by atoms with Gasteiger partial charge in [-0.25, -0.2) is 4.98 Å². The summed E-state index contributed by atoms with van der Waals surface area (Å²) >= 11 is 0. The van der Waals surface area contributed by atoms with Crippen molar-refractivity contribution in [2.75, 3.05) is 7.11 Å². The molecule has 18 heavy (non-hydrogen) atoms. The number of benzene rings is 1. The largest absolute Gasteiger partial charge is 0.496 e. The number of nitrogens with zero attached hydrogens (tertiary/aromatic N) is 2. The maximum atomic E-state index is 5.65. The van der Waals surface area contributed by atoms with Crippen molar-refractivity contribution in [3.63, 3.8) is 0 Å². The fraction of sp³-hybridized carbons (Fsp3) is 0.357. The van der Waals surface area contributed by atoms with E-state index in [1.807, 2.05) is 24.7 Å². The molecule has 0 saturated carbocycles. The molecule has 2 rings (SSSR count). The second-order valence-electron chi connectivity index (χ2n) is 4.46. The van der Waals surface area contributed by atoms with Gasteiger partial charge in [-0.2, -0.15) is 0 Å². The molecule has 1 heterocycles. The maximum Gasteiger partial charge on any atom is 0.122 e. The molecule has 0 bridgehead atoms. The van der Waals surface area contributed by atoms with E-state index >= 15 is 0 Å². The molecule has 4 nitrogen and oxygen atoms in total. The van der Waals surface area contributed by atoms with Crippen LogP contribution >= 0.6 is 0 Å². The summed E-state index contributed by atoms with van der Waals surface area (Å²) in [5, 5.41) is 0. The Hall–Kier alpha value is -1.81. The number of methoxy groups -OCH3 is 1. The van der Waals surface area contributed by atoms with Gasteiger partial charge in [0, 0.05) is 12.6 Å². The zero-order valence-electron chi connectivity index (χ0n) is 11.3. The van der Waals surface area contributed by atoms with Crippen LogP contribution in [-0.2, 0) is 13.6 Å². The van der Waals surface area contributed by atoms with Crippen LogP contribution in [-0.4, -0.2) is 16.7 Å². The Balaban J connectivity index is 2.57. The number of rotatable bonds is 3. The Bertz CT molecular complexity index is 573. The SMILES string of the molecule is COc1cc(C)c(-c2cnc(CN)n2C)cc1C. The Labute approximate surface area is 107 Å². The van der Waals surface area contributed by atoms with Gasteiger partial charge in [0.25, 0.3) is 0 Å². The molecular weight excluding hydrogens is 226 g/mol. The normalized spacial score (nSPS) is 10.7. The van der Waals surface area contributed by atoms with Crippen molar-refractivity contribution >= 4 is 0 Å². The highest BCUT2D eigenvalue weighted by atomic mass is 16.5. The van der Waals surface area contributed by atoms with E-state index in [-0.39, 0.29) is 0 Å². The van der Waals surface area contributed by atoms with Gasteiger partial charge in [0.2, 0.25) is 0 Å². The van der Waals surface area contributed by atoms with Crippen LogP contribution in [0.1, 0.15) is 17.0 Å². The zero-order chi connectivity index (χ0) is 13.3. The van der Waals surface area contributed by atoms with Crippen molar-refractivity contribution in [1.82, 2.24) is 9.55 Å². The van der Waals surface area contributed by atoms with Gasteiger partial charge < -0.3 is 15.0 Å². The lowest BCUT2D eigenvalue weighted by molar-refractivity contribution is 0.411. The lowest BCUT2D eigenvalue weighted by Crippen LogP contribution is -2.06. The van der Waals surface area contributed by atoms with E-state index in [0.29, 0.717) is 6.54 Å². The summed E-state index contributed by atoms with van der Waals surface area (Å²) in [6.07, 6.45) is 1.87. The van der Waals surface area contributed by atoms with Crippen molar-refractivity contribution in [3.05, 3.63) is 35.3 Å². The van der Waals surface area contributed by atoms with E-state index in [0.717, 1.165) is 22.8 Å². The first-order valence-corrected chi connectivity index (χ1v) is 5.94. The minimum atomic E-state index is 0.449. The van der Waals surface area contributed by atoms with Crippen molar-refractivity contribution in [1.29, 1.82) is 0 Å². The maximum absolute atomic E-state index is 5.65. The third-order valence-corrected chi connectivity index (χ3v) is 3.28. The first-order valence-electron chi connectivity index (χ1n) is 5.94. The number of aromatic nitrogens is 2. The number of ether oxygens (including phenoxy) is 1. The standard InChI is InChI=1S/C14H19N3O/c1-9-6-13(18-4)10(2)5-11(9)12-8-16-14(7-15)17(12)3/h5-6,8H,7,15H2,1-4H3. The van der Waals surface area contributed by atoms with Crippen LogP contribution < -0.4 is 10.5 Å². The number of imidazole rings is 1.